The smallest absolute Gasteiger partial charge is 0 e. The Labute approximate surface area is 375 Å². The number of rotatable bonds is 5. The molecular weight excluding hydrogens is 853 g/mol. The fraction of sp³-hybridized carbons (Fsp3) is 0.618. The number of hydrogen-bond donors (Lipinski definition) is 0. The Kier molecular flexibility index (Phi) is 67.2. The summed E-state index contributed by atoms with van der Waals surface area (Å²) in [4.78, 5) is 0. The van der Waals surface area contributed by atoms with Crippen molar-refractivity contribution < 1.29 is 164 Å². The van der Waals surface area contributed by atoms with Crippen LogP contribution in [0.3, 0.4) is 0 Å². The molecule has 1 aromatic rings. The van der Waals surface area contributed by atoms with Crippen LogP contribution in [0.1, 0.15) is 120 Å². The van der Waals surface area contributed by atoms with Gasteiger partial charge in [-0.2, -0.15) is 30.7 Å². The maximum absolute atomic E-state index is 4.12. The molecule has 39 heavy (non-hydrogen) atoms. The molecular formula is C34H61Y5-5. The van der Waals surface area contributed by atoms with Gasteiger partial charge in [-0.25, -0.2) is 19.1 Å². The standard InChI is InChI=1S/C13H19.C7H13.C5H11.C5H9.C4H9.5Y/c1-7-13-11(5)9(3)8(2)10(4)12(13)6;1-3-7-4-6(2)5-7;1-4-5(2)3;1-3-5-4-2;1-3-4-2;;;;;/h2,7H2,1,3-6H3;6-7H,2-5H2,1H3;5H,2,4H2,1,3H3;3,5H,1,4H2,2H3;1,3-4H2,2H3;;;;;/q5*-1;;;;;. The van der Waals surface area contributed by atoms with Crippen molar-refractivity contribution >= 4 is 0 Å². The summed E-state index contributed by atoms with van der Waals surface area (Å²) in [7, 11) is 0. The van der Waals surface area contributed by atoms with E-state index in [1.165, 1.54) is 65.5 Å². The summed E-state index contributed by atoms with van der Waals surface area (Å²) >= 11 is 0. The molecule has 1 fully saturated rings. The first-order valence-corrected chi connectivity index (χ1v) is 13.7. The molecule has 1 unspecified atom stereocenters. The van der Waals surface area contributed by atoms with Crippen LogP contribution >= 0.6 is 0 Å². The van der Waals surface area contributed by atoms with Crippen LogP contribution in [-0.4, -0.2) is 0 Å². The zero-order valence-electron chi connectivity index (χ0n) is 28.0. The largest absolute Gasteiger partial charge is 0.343 e. The van der Waals surface area contributed by atoms with Crippen LogP contribution in [0.25, 0.3) is 0 Å². The Morgan fingerprint density at radius 2 is 1.18 bits per heavy atom. The van der Waals surface area contributed by atoms with Gasteiger partial charge in [0.2, 0.25) is 0 Å². The molecule has 0 spiro atoms. The molecule has 0 aliphatic heterocycles. The minimum atomic E-state index is 0. The van der Waals surface area contributed by atoms with Crippen LogP contribution in [0.15, 0.2) is 12.2 Å². The summed E-state index contributed by atoms with van der Waals surface area (Å²) in [5.74, 6) is 2.46. The minimum Gasteiger partial charge on any atom is -0.343 e. The van der Waals surface area contributed by atoms with Gasteiger partial charge in [-0.1, -0.05) is 107 Å². The molecule has 0 nitrogen and oxygen atoms in total. The van der Waals surface area contributed by atoms with E-state index in [9.17, 15) is 0 Å². The van der Waals surface area contributed by atoms with E-state index in [1.54, 1.807) is 6.08 Å². The Balaban J connectivity index is -0.0000000537. The minimum absolute atomic E-state index is 0. The molecule has 217 valence electrons. The van der Waals surface area contributed by atoms with Gasteiger partial charge < -0.3 is 20.8 Å². The third-order valence-corrected chi connectivity index (χ3v) is 6.65. The molecule has 0 amide bonds. The molecule has 1 atom stereocenters. The summed E-state index contributed by atoms with van der Waals surface area (Å²) in [5.41, 5.74) is 8.29. The first-order valence-electron chi connectivity index (χ1n) is 13.7. The predicted molar refractivity (Wildman–Crippen MR) is 161 cm³/mol. The van der Waals surface area contributed by atoms with E-state index >= 15 is 0 Å². The summed E-state index contributed by atoms with van der Waals surface area (Å²) in [6.07, 6.45) is 13.7. The van der Waals surface area contributed by atoms with E-state index in [0.717, 1.165) is 31.1 Å². The average molecular weight is 914 g/mol. The third-order valence-electron chi connectivity index (χ3n) is 6.65. The SMILES string of the molecule is [CH2-]C(C)CC.[CH2-]C1CC(CC)C1.[CH2-]C=CCC.[CH2-]CCC.[CH2-]c1c(C)c(C)c(CC)c(C)c1C.[Y].[Y].[Y].[Y].[Y]. The molecule has 0 saturated heterocycles. The van der Waals surface area contributed by atoms with Crippen molar-refractivity contribution in [2.45, 2.75) is 121 Å². The van der Waals surface area contributed by atoms with E-state index in [1.807, 2.05) is 6.08 Å². The Morgan fingerprint density at radius 1 is 0.821 bits per heavy atom. The Hall–Kier alpha value is 4.22. The molecule has 0 bridgehead atoms. The van der Waals surface area contributed by atoms with Crippen LogP contribution in [-0.2, 0) is 170 Å². The van der Waals surface area contributed by atoms with E-state index in [4.69, 9.17) is 0 Å². The summed E-state index contributed by atoms with van der Waals surface area (Å²) in [6, 6.07) is 0. The fourth-order valence-corrected chi connectivity index (χ4v) is 3.37. The summed E-state index contributed by atoms with van der Waals surface area (Å²) in [6.45, 7) is 40.6. The van der Waals surface area contributed by atoms with Gasteiger partial charge in [0.15, 0.2) is 0 Å². The number of allylic oxidation sites excluding steroid dienone is 2. The second-order valence-electron chi connectivity index (χ2n) is 9.67. The molecule has 1 saturated carbocycles. The fourth-order valence-electron chi connectivity index (χ4n) is 3.37. The van der Waals surface area contributed by atoms with Crippen molar-refractivity contribution in [3.05, 3.63) is 80.2 Å². The second-order valence-corrected chi connectivity index (χ2v) is 9.67. The molecule has 0 aromatic heterocycles. The summed E-state index contributed by atoms with van der Waals surface area (Å²) < 4.78 is 0. The van der Waals surface area contributed by atoms with Crippen LogP contribution in [0.2, 0.25) is 0 Å². The molecule has 1 aliphatic carbocycles. The van der Waals surface area contributed by atoms with E-state index < -0.39 is 0 Å². The van der Waals surface area contributed by atoms with Crippen LogP contribution < -0.4 is 0 Å². The molecule has 5 radical (unpaired) electrons. The van der Waals surface area contributed by atoms with Gasteiger partial charge in [-0.05, 0) is 12.3 Å². The summed E-state index contributed by atoms with van der Waals surface area (Å²) in [5, 5.41) is 0. The third kappa shape index (κ3) is 33.4. The van der Waals surface area contributed by atoms with Crippen LogP contribution in [0.5, 0.6) is 0 Å². The van der Waals surface area contributed by atoms with Crippen molar-refractivity contribution in [1.82, 2.24) is 0 Å². The quantitative estimate of drug-likeness (QED) is 0.258. The van der Waals surface area contributed by atoms with Crippen molar-refractivity contribution in [1.29, 1.82) is 0 Å². The molecule has 0 heterocycles. The first-order chi connectivity index (χ1) is 15.9. The van der Waals surface area contributed by atoms with Crippen LogP contribution in [0.4, 0.5) is 0 Å². The van der Waals surface area contributed by atoms with Crippen molar-refractivity contribution in [3.63, 3.8) is 0 Å². The zero-order chi connectivity index (χ0) is 27.3. The van der Waals surface area contributed by atoms with Gasteiger partial charge >= 0.3 is 0 Å². The van der Waals surface area contributed by atoms with Gasteiger partial charge in [-0.15, -0.1) is 28.7 Å². The first kappa shape index (κ1) is 62.1. The molecule has 5 heteroatoms. The molecule has 1 aromatic carbocycles. The Morgan fingerprint density at radius 3 is 1.31 bits per heavy atom. The van der Waals surface area contributed by atoms with Gasteiger partial charge in [0.05, 0.1) is 0 Å². The van der Waals surface area contributed by atoms with Gasteiger partial charge in [0.25, 0.3) is 0 Å². The molecule has 1 aliphatic rings. The molecule has 0 N–H and O–H groups in total. The van der Waals surface area contributed by atoms with Crippen molar-refractivity contribution in [3.8, 4) is 0 Å². The number of benzene rings is 1. The van der Waals surface area contributed by atoms with E-state index in [-0.39, 0.29) is 164 Å². The number of unbranched alkanes of at least 4 members (excludes halogenated alkanes) is 1. The van der Waals surface area contributed by atoms with Crippen molar-refractivity contribution in [2.75, 3.05) is 0 Å². The van der Waals surface area contributed by atoms with E-state index in [2.05, 4.69) is 104 Å². The van der Waals surface area contributed by atoms with Crippen molar-refractivity contribution in [2.24, 2.45) is 17.8 Å². The molecule has 2 rings (SSSR count). The number of hydrogen-bond acceptors (Lipinski definition) is 0. The maximum Gasteiger partial charge on any atom is 0 e. The topological polar surface area (TPSA) is 0 Å². The maximum atomic E-state index is 4.12. The second kappa shape index (κ2) is 42.2. The van der Waals surface area contributed by atoms with E-state index in [0.29, 0.717) is 5.92 Å². The van der Waals surface area contributed by atoms with Gasteiger partial charge in [0, 0.05) is 164 Å². The normalized spacial score (nSPS) is 14.7. The van der Waals surface area contributed by atoms with Crippen LogP contribution in [0, 0.1) is 80.1 Å². The Bertz CT molecular complexity index is 602. The zero-order valence-corrected chi connectivity index (χ0v) is 42.2. The monoisotopic (exact) mass is 914 g/mol. The predicted octanol–water partition coefficient (Wildman–Crippen LogP) is 11.2. The average Bonchev–Trinajstić information content (AvgIpc) is 2.81. The van der Waals surface area contributed by atoms with Gasteiger partial charge in [0.1, 0.15) is 0 Å². The van der Waals surface area contributed by atoms with Gasteiger partial charge in [-0.3, -0.25) is 0 Å².